The van der Waals surface area contributed by atoms with Crippen molar-refractivity contribution in [2.45, 2.75) is 0 Å². The lowest BCUT2D eigenvalue weighted by Gasteiger charge is -2.29. The van der Waals surface area contributed by atoms with Gasteiger partial charge < -0.3 is 4.90 Å². The quantitative estimate of drug-likeness (QED) is 0.153. The smallest absolute Gasteiger partial charge is 0.148 e. The van der Waals surface area contributed by atoms with Crippen LogP contribution in [-0.4, -0.2) is 0 Å². The molecule has 0 heterocycles. The van der Waals surface area contributed by atoms with Crippen LogP contribution >= 0.6 is 0 Å². The van der Waals surface area contributed by atoms with Crippen molar-refractivity contribution in [2.75, 3.05) is 4.90 Å². The maximum absolute atomic E-state index is 17.1. The monoisotopic (exact) mass is 667 g/mol. The van der Waals surface area contributed by atoms with Gasteiger partial charge in [-0.05, 0) is 103 Å². The number of fused-ring (bicyclic) bond motifs is 3. The molecule has 0 saturated carbocycles. The molecule has 0 aliphatic rings. The molecule has 0 radical (unpaired) electrons. The second-order valence-electron chi connectivity index (χ2n) is 13.1. The van der Waals surface area contributed by atoms with Crippen molar-refractivity contribution in [2.24, 2.45) is 0 Å². The van der Waals surface area contributed by atoms with E-state index in [0.29, 0.717) is 5.69 Å². The highest BCUT2D eigenvalue weighted by Gasteiger charge is 2.23. The van der Waals surface area contributed by atoms with Gasteiger partial charge in [0.05, 0.1) is 5.69 Å². The molecule has 0 aliphatic carbocycles. The average Bonchev–Trinajstić information content (AvgIpc) is 3.22. The van der Waals surface area contributed by atoms with Gasteiger partial charge in [-0.1, -0.05) is 164 Å². The van der Waals surface area contributed by atoms with E-state index < -0.39 is 0 Å². The van der Waals surface area contributed by atoms with E-state index in [9.17, 15) is 0 Å². The van der Waals surface area contributed by atoms with Crippen molar-refractivity contribution >= 4 is 38.6 Å². The molecule has 246 valence electrons. The standard InChI is InChI=1S/C50H34FN/c51-49-34-41(36-16-6-2-7-17-36)33-48(38-18-8-3-9-19-38)50(49)52(42-28-24-37(25-29-42)35-14-4-1-5-15-35)43-30-26-39(27-31-43)47-32-40-20-10-11-21-44(40)45-22-12-13-23-46(45)47/h1-34H. The van der Waals surface area contributed by atoms with Crippen molar-refractivity contribution in [3.8, 4) is 44.5 Å². The summed E-state index contributed by atoms with van der Waals surface area (Å²) >= 11 is 0. The number of hydrogen-bond acceptors (Lipinski definition) is 1. The summed E-state index contributed by atoms with van der Waals surface area (Å²) in [5.41, 5.74) is 10.3. The first-order valence-electron chi connectivity index (χ1n) is 17.6. The van der Waals surface area contributed by atoms with Gasteiger partial charge >= 0.3 is 0 Å². The van der Waals surface area contributed by atoms with Gasteiger partial charge in [-0.25, -0.2) is 4.39 Å². The van der Waals surface area contributed by atoms with Gasteiger partial charge in [0, 0.05) is 16.9 Å². The van der Waals surface area contributed by atoms with E-state index in [2.05, 4.69) is 138 Å². The zero-order valence-corrected chi connectivity index (χ0v) is 28.5. The number of nitrogens with zero attached hydrogens (tertiary/aromatic N) is 1. The highest BCUT2D eigenvalue weighted by Crippen LogP contribution is 2.45. The Morgan fingerprint density at radius 1 is 0.308 bits per heavy atom. The summed E-state index contributed by atoms with van der Waals surface area (Å²) in [6.45, 7) is 0. The zero-order chi connectivity index (χ0) is 34.9. The maximum atomic E-state index is 17.1. The highest BCUT2D eigenvalue weighted by molar-refractivity contribution is 6.13. The first kappa shape index (κ1) is 31.2. The fourth-order valence-electron chi connectivity index (χ4n) is 7.39. The van der Waals surface area contributed by atoms with Crippen LogP contribution in [0, 0.1) is 5.82 Å². The zero-order valence-electron chi connectivity index (χ0n) is 28.5. The van der Waals surface area contributed by atoms with E-state index in [0.717, 1.165) is 50.3 Å². The highest BCUT2D eigenvalue weighted by atomic mass is 19.1. The second-order valence-corrected chi connectivity index (χ2v) is 13.1. The van der Waals surface area contributed by atoms with Crippen LogP contribution in [0.15, 0.2) is 206 Å². The van der Waals surface area contributed by atoms with Crippen molar-refractivity contribution in [1.29, 1.82) is 0 Å². The van der Waals surface area contributed by atoms with Crippen LogP contribution in [0.5, 0.6) is 0 Å². The Kier molecular flexibility index (Phi) is 8.11. The van der Waals surface area contributed by atoms with Crippen molar-refractivity contribution in [1.82, 2.24) is 0 Å². The molecule has 0 atom stereocenters. The van der Waals surface area contributed by atoms with E-state index in [-0.39, 0.29) is 5.82 Å². The predicted octanol–water partition coefficient (Wildman–Crippen LogP) is 14.3. The lowest BCUT2D eigenvalue weighted by Crippen LogP contribution is -2.13. The molecule has 2 heteroatoms. The van der Waals surface area contributed by atoms with Crippen molar-refractivity contribution in [3.63, 3.8) is 0 Å². The molecule has 0 aromatic heterocycles. The molecule has 9 aromatic rings. The first-order chi connectivity index (χ1) is 25.7. The van der Waals surface area contributed by atoms with Crippen LogP contribution in [0.2, 0.25) is 0 Å². The average molecular weight is 668 g/mol. The van der Waals surface area contributed by atoms with E-state index in [1.54, 1.807) is 6.07 Å². The summed E-state index contributed by atoms with van der Waals surface area (Å²) in [5.74, 6) is -0.294. The topological polar surface area (TPSA) is 3.24 Å². The lowest BCUT2D eigenvalue weighted by atomic mass is 9.93. The molecule has 9 rings (SSSR count). The molecule has 0 unspecified atom stereocenters. The third kappa shape index (κ3) is 5.81. The SMILES string of the molecule is Fc1cc(-c2ccccc2)cc(-c2ccccc2)c1N(c1ccc(-c2ccccc2)cc1)c1ccc(-c2cc3ccccc3c3ccccc23)cc1. The molecule has 0 amide bonds. The third-order valence-corrected chi connectivity index (χ3v) is 9.92. The molecular weight excluding hydrogens is 634 g/mol. The van der Waals surface area contributed by atoms with Gasteiger partial charge in [-0.15, -0.1) is 0 Å². The van der Waals surface area contributed by atoms with Crippen molar-refractivity contribution in [3.05, 3.63) is 212 Å². The van der Waals surface area contributed by atoms with Gasteiger partial charge in [0.1, 0.15) is 5.82 Å². The molecule has 0 bridgehead atoms. The maximum Gasteiger partial charge on any atom is 0.148 e. The predicted molar refractivity (Wildman–Crippen MR) is 218 cm³/mol. The van der Waals surface area contributed by atoms with E-state index in [1.165, 1.54) is 27.1 Å². The molecule has 0 saturated heterocycles. The summed E-state index contributed by atoms with van der Waals surface area (Å²) in [5, 5.41) is 4.88. The van der Waals surface area contributed by atoms with E-state index in [4.69, 9.17) is 0 Å². The molecule has 9 aromatic carbocycles. The molecule has 52 heavy (non-hydrogen) atoms. The molecule has 1 nitrogen and oxygen atoms in total. The van der Waals surface area contributed by atoms with Gasteiger partial charge in [0.15, 0.2) is 0 Å². The second kappa shape index (κ2) is 13.5. The number of hydrogen-bond donors (Lipinski definition) is 0. The first-order valence-corrected chi connectivity index (χ1v) is 17.6. The Balaban J connectivity index is 1.23. The van der Waals surface area contributed by atoms with Crippen molar-refractivity contribution < 1.29 is 4.39 Å². The Morgan fingerprint density at radius 3 is 1.37 bits per heavy atom. The number of rotatable bonds is 7. The number of benzene rings is 9. The molecule has 0 aliphatic heterocycles. The minimum absolute atomic E-state index is 0.294. The third-order valence-electron chi connectivity index (χ3n) is 9.92. The van der Waals surface area contributed by atoms with E-state index >= 15 is 4.39 Å². The lowest BCUT2D eigenvalue weighted by molar-refractivity contribution is 0.630. The van der Waals surface area contributed by atoms with E-state index in [1.807, 2.05) is 66.7 Å². The normalized spacial score (nSPS) is 11.2. The fraction of sp³-hybridized carbons (Fsp3) is 0. The number of halogens is 1. The molecule has 0 N–H and O–H groups in total. The summed E-state index contributed by atoms with van der Waals surface area (Å²) in [6.07, 6.45) is 0. The molecular formula is C50H34FN. The molecule has 0 fully saturated rings. The fourth-order valence-corrected chi connectivity index (χ4v) is 7.39. The minimum atomic E-state index is -0.294. The molecule has 0 spiro atoms. The Bertz CT molecular complexity index is 2650. The van der Waals surface area contributed by atoms with Crippen LogP contribution in [0.3, 0.4) is 0 Å². The summed E-state index contributed by atoms with van der Waals surface area (Å²) in [6, 6.07) is 70.6. The van der Waals surface area contributed by atoms with Crippen LogP contribution in [-0.2, 0) is 0 Å². The van der Waals surface area contributed by atoms with Gasteiger partial charge in [0.25, 0.3) is 0 Å². The Hall–Kier alpha value is -6.77. The van der Waals surface area contributed by atoms with Crippen LogP contribution in [0.4, 0.5) is 21.5 Å². The minimum Gasteiger partial charge on any atom is -0.307 e. The Labute approximate surface area is 303 Å². The Morgan fingerprint density at radius 2 is 0.750 bits per heavy atom. The largest absolute Gasteiger partial charge is 0.307 e. The number of anilines is 3. The van der Waals surface area contributed by atoms with Crippen LogP contribution in [0.25, 0.3) is 66.1 Å². The van der Waals surface area contributed by atoms with Gasteiger partial charge in [0.2, 0.25) is 0 Å². The van der Waals surface area contributed by atoms with Gasteiger partial charge in [-0.3, -0.25) is 0 Å². The van der Waals surface area contributed by atoms with Crippen LogP contribution < -0.4 is 4.90 Å². The summed E-state index contributed by atoms with van der Waals surface area (Å²) in [4.78, 5) is 2.06. The van der Waals surface area contributed by atoms with Crippen LogP contribution in [0.1, 0.15) is 0 Å². The summed E-state index contributed by atoms with van der Waals surface area (Å²) in [7, 11) is 0. The van der Waals surface area contributed by atoms with Gasteiger partial charge in [-0.2, -0.15) is 0 Å². The summed E-state index contributed by atoms with van der Waals surface area (Å²) < 4.78 is 17.1.